The maximum Gasteiger partial charge on any atom is 0.0248 e. The predicted molar refractivity (Wildman–Crippen MR) is 227 cm³/mol. The van der Waals surface area contributed by atoms with Gasteiger partial charge in [0.15, 0.2) is 0 Å². The summed E-state index contributed by atoms with van der Waals surface area (Å²) in [5, 5.41) is 5.15. The van der Waals surface area contributed by atoms with E-state index in [1.165, 1.54) is 95.2 Å². The van der Waals surface area contributed by atoms with Crippen molar-refractivity contribution in [3.8, 4) is 58.5 Å². The molecule has 0 saturated heterocycles. The zero-order valence-electron chi connectivity index (χ0n) is 33.5. The minimum absolute atomic E-state index is 0. The van der Waals surface area contributed by atoms with Gasteiger partial charge in [-0.2, -0.15) is 0 Å². The molecular weight excluding hydrogens is 874 g/mol. The van der Waals surface area contributed by atoms with Gasteiger partial charge in [-0.3, -0.25) is 0 Å². The van der Waals surface area contributed by atoms with E-state index >= 15 is 0 Å². The van der Waals surface area contributed by atoms with Crippen molar-refractivity contribution < 1.29 is 50.7 Å². The SMILES string of the molecule is CCCCC#Cc1ccc2c(c1)C(CC)c1cc(C#CCCCC)ccc1-2.CCCCC#Cc1ccc2c(c1)[cH-]c1cc(C#CCCCC)ccc12.[Cl-].[Cl-].[Hf]. The Morgan fingerprint density at radius 3 is 1.11 bits per heavy atom. The Hall–Kier alpha value is -3.56. The molecule has 6 rings (SSSR count). The maximum absolute atomic E-state index is 3.36. The molecule has 0 aromatic heterocycles. The largest absolute Gasteiger partial charge is 1.00 e. The van der Waals surface area contributed by atoms with Gasteiger partial charge in [-0.15, -0.1) is 39.7 Å². The molecule has 0 atom stereocenters. The molecule has 55 heavy (non-hydrogen) atoms. The number of halogens is 2. The van der Waals surface area contributed by atoms with Crippen molar-refractivity contribution >= 4 is 21.5 Å². The summed E-state index contributed by atoms with van der Waals surface area (Å²) in [6.07, 6.45) is 14.6. The van der Waals surface area contributed by atoms with Crippen LogP contribution in [0.1, 0.15) is 157 Å². The second kappa shape index (κ2) is 25.6. The van der Waals surface area contributed by atoms with E-state index in [4.69, 9.17) is 0 Å². The van der Waals surface area contributed by atoms with Crippen molar-refractivity contribution in [2.75, 3.05) is 0 Å². The first-order valence-corrected chi connectivity index (χ1v) is 20.0. The molecule has 3 heteroatoms. The van der Waals surface area contributed by atoms with Crippen LogP contribution in [0.3, 0.4) is 0 Å². The molecule has 0 aliphatic heterocycles. The zero-order chi connectivity index (χ0) is 36.5. The van der Waals surface area contributed by atoms with Crippen LogP contribution in [-0.4, -0.2) is 0 Å². The fourth-order valence-corrected chi connectivity index (χ4v) is 6.85. The van der Waals surface area contributed by atoms with Crippen LogP contribution in [0.5, 0.6) is 0 Å². The van der Waals surface area contributed by atoms with E-state index in [1.54, 1.807) is 0 Å². The molecule has 284 valence electrons. The van der Waals surface area contributed by atoms with Crippen molar-refractivity contribution in [1.29, 1.82) is 0 Å². The fraction of sp³-hybridized carbons (Fsp3) is 0.365. The molecule has 0 N–H and O–H groups in total. The first-order valence-electron chi connectivity index (χ1n) is 20.0. The standard InChI is InChI=1S/C27H30.C25H25.2ClH.Hf/c1-4-7-9-11-13-21-15-17-24-25-18-16-22(14-12-10-8-5-2)20-27(25)23(6-3)26(24)19-21;1-3-5-7-9-11-20-13-15-24-22(17-20)19-23-18-21(14-16-25(23)24)12-10-8-6-4-2;;;/h15-20,23H,4-10H2,1-3H3;13-19H,3-8H2,1-2H3;2*1H;/q;-1;;;/p-2. The van der Waals surface area contributed by atoms with Gasteiger partial charge in [0.2, 0.25) is 0 Å². The van der Waals surface area contributed by atoms with E-state index in [0.29, 0.717) is 5.92 Å². The van der Waals surface area contributed by atoms with Gasteiger partial charge in [0, 0.05) is 68.6 Å². The number of hydrogen-bond acceptors (Lipinski definition) is 0. The van der Waals surface area contributed by atoms with E-state index in [-0.39, 0.29) is 50.7 Å². The molecule has 0 heterocycles. The first kappa shape index (κ1) is 47.6. The van der Waals surface area contributed by atoms with E-state index in [1.807, 2.05) is 0 Å². The van der Waals surface area contributed by atoms with Gasteiger partial charge in [-0.05, 0) is 89.8 Å². The summed E-state index contributed by atoms with van der Waals surface area (Å²) in [4.78, 5) is 0. The topological polar surface area (TPSA) is 0 Å². The van der Waals surface area contributed by atoms with Crippen LogP contribution < -0.4 is 24.8 Å². The number of unbranched alkanes of at least 4 members (excludes halogenated alkanes) is 8. The van der Waals surface area contributed by atoms with E-state index < -0.39 is 0 Å². The van der Waals surface area contributed by atoms with Crippen LogP contribution in [0.25, 0.3) is 32.7 Å². The molecule has 0 nitrogen and oxygen atoms in total. The van der Waals surface area contributed by atoms with Crippen LogP contribution in [0.15, 0.2) is 78.9 Å². The van der Waals surface area contributed by atoms with Crippen molar-refractivity contribution in [1.82, 2.24) is 0 Å². The molecule has 1 aliphatic carbocycles. The minimum atomic E-state index is 0. The van der Waals surface area contributed by atoms with Crippen molar-refractivity contribution in [3.05, 3.63) is 112 Å². The third-order valence-corrected chi connectivity index (χ3v) is 9.81. The minimum Gasteiger partial charge on any atom is -1.00 e. The Bertz CT molecular complexity index is 2070. The molecule has 0 fully saturated rings. The average molecular weight is 929 g/mol. The van der Waals surface area contributed by atoms with Gasteiger partial charge in [0.1, 0.15) is 0 Å². The van der Waals surface area contributed by atoms with E-state index in [9.17, 15) is 0 Å². The summed E-state index contributed by atoms with van der Waals surface area (Å²) in [5.41, 5.74) is 10.1. The second-order valence-corrected chi connectivity index (χ2v) is 13.9. The number of fused-ring (bicyclic) bond motifs is 6. The summed E-state index contributed by atoms with van der Waals surface area (Å²) >= 11 is 0. The third kappa shape index (κ3) is 13.3. The number of rotatable bonds is 9. The van der Waals surface area contributed by atoms with Crippen LogP contribution in [0.4, 0.5) is 0 Å². The molecule has 0 unspecified atom stereocenters. The molecule has 5 aromatic rings. The number of benzene rings is 4. The molecule has 0 saturated carbocycles. The molecule has 1 aliphatic rings. The maximum atomic E-state index is 3.36. The molecule has 0 bridgehead atoms. The Morgan fingerprint density at radius 1 is 0.455 bits per heavy atom. The molecule has 0 radical (unpaired) electrons. The Kier molecular flexibility index (Phi) is 22.1. The third-order valence-electron chi connectivity index (χ3n) is 9.81. The van der Waals surface area contributed by atoms with Crippen molar-refractivity contribution in [2.45, 2.75) is 124 Å². The normalized spacial score (nSPS) is 10.5. The van der Waals surface area contributed by atoms with Gasteiger partial charge in [-0.1, -0.05) is 144 Å². The summed E-state index contributed by atoms with van der Waals surface area (Å²) < 4.78 is 0. The Balaban J connectivity index is 0.000000361. The van der Waals surface area contributed by atoms with E-state index in [0.717, 1.165) is 54.4 Å². The number of hydrogen-bond donors (Lipinski definition) is 0. The van der Waals surface area contributed by atoms with Crippen LogP contribution in [0.2, 0.25) is 0 Å². The molecule has 0 spiro atoms. The van der Waals surface area contributed by atoms with Gasteiger partial charge < -0.3 is 24.8 Å². The quantitative estimate of drug-likeness (QED) is 0.0608. The Morgan fingerprint density at radius 2 is 0.782 bits per heavy atom. The van der Waals surface area contributed by atoms with Crippen molar-refractivity contribution in [3.63, 3.8) is 0 Å². The van der Waals surface area contributed by atoms with Gasteiger partial charge >= 0.3 is 0 Å². The summed E-state index contributed by atoms with van der Waals surface area (Å²) in [6.45, 7) is 11.1. The van der Waals surface area contributed by atoms with Gasteiger partial charge in [0.25, 0.3) is 0 Å². The summed E-state index contributed by atoms with van der Waals surface area (Å²) in [7, 11) is 0. The molecule has 0 amide bonds. The molecule has 5 aromatic carbocycles. The first-order chi connectivity index (χ1) is 25.6. The van der Waals surface area contributed by atoms with Crippen molar-refractivity contribution in [2.24, 2.45) is 0 Å². The van der Waals surface area contributed by atoms with Gasteiger partial charge in [-0.25, -0.2) is 0 Å². The average Bonchev–Trinajstić information content (AvgIpc) is 3.69. The van der Waals surface area contributed by atoms with Crippen LogP contribution in [0, 0.1) is 47.4 Å². The summed E-state index contributed by atoms with van der Waals surface area (Å²) in [6, 6.07) is 28.9. The summed E-state index contributed by atoms with van der Waals surface area (Å²) in [5.74, 6) is 27.0. The van der Waals surface area contributed by atoms with Crippen LogP contribution in [-0.2, 0) is 25.8 Å². The van der Waals surface area contributed by atoms with Gasteiger partial charge in [0.05, 0.1) is 0 Å². The monoisotopic (exact) mass is 929 g/mol. The smallest absolute Gasteiger partial charge is 0.0248 e. The Labute approximate surface area is 364 Å². The predicted octanol–water partition coefficient (Wildman–Crippen LogP) is 8.09. The van der Waals surface area contributed by atoms with E-state index in [2.05, 4.69) is 161 Å². The fourth-order valence-electron chi connectivity index (χ4n) is 6.85. The zero-order valence-corrected chi connectivity index (χ0v) is 38.6. The second-order valence-electron chi connectivity index (χ2n) is 13.9. The van der Waals surface area contributed by atoms with Crippen LogP contribution >= 0.6 is 0 Å². The molecular formula is C52H55Cl2Hf-3.